The molecule has 0 saturated carbocycles. The Morgan fingerprint density at radius 3 is 2.79 bits per heavy atom. The van der Waals surface area contributed by atoms with Crippen LogP contribution in [0.2, 0.25) is 0 Å². The molecule has 0 aliphatic carbocycles. The van der Waals surface area contributed by atoms with Crippen LogP contribution >= 0.6 is 0 Å². The fraction of sp³-hybridized carbons (Fsp3) is 0.417. The largest absolute Gasteiger partial charge is 0.398 e. The molecule has 0 aromatic heterocycles. The number of carbonyl (C=O) groups is 1. The number of aryl methyl sites for hydroxylation is 1. The number of hydrogen-bond acceptors (Lipinski definition) is 4. The van der Waals surface area contributed by atoms with E-state index in [1.807, 2.05) is 6.92 Å². The normalized spacial score (nSPS) is 18.4. The van der Waals surface area contributed by atoms with Gasteiger partial charge in [-0.15, -0.1) is 0 Å². The van der Waals surface area contributed by atoms with Crippen LogP contribution < -0.4 is 11.1 Å². The molecule has 7 heteroatoms. The summed E-state index contributed by atoms with van der Waals surface area (Å²) in [6.45, 7) is 2.14. The molecule has 1 aromatic rings. The molecular weight excluding hydrogens is 266 g/mol. The summed E-state index contributed by atoms with van der Waals surface area (Å²) in [6.07, 6.45) is 0.576. The first-order valence-electron chi connectivity index (χ1n) is 6.02. The highest BCUT2D eigenvalue weighted by atomic mass is 32.2. The zero-order valence-electron chi connectivity index (χ0n) is 10.7. The molecule has 0 unspecified atom stereocenters. The zero-order valence-corrected chi connectivity index (χ0v) is 11.5. The van der Waals surface area contributed by atoms with Gasteiger partial charge < -0.3 is 11.1 Å². The highest BCUT2D eigenvalue weighted by Gasteiger charge is 2.29. The number of nitrogens with one attached hydrogen (secondary N) is 1. The molecule has 1 fully saturated rings. The van der Waals surface area contributed by atoms with Gasteiger partial charge >= 0.3 is 0 Å². The Labute approximate surface area is 112 Å². The molecule has 1 aliphatic heterocycles. The van der Waals surface area contributed by atoms with Crippen molar-refractivity contribution in [1.29, 1.82) is 0 Å². The van der Waals surface area contributed by atoms with E-state index in [0.717, 1.165) is 5.56 Å². The van der Waals surface area contributed by atoms with Crippen LogP contribution in [0, 0.1) is 6.92 Å². The summed E-state index contributed by atoms with van der Waals surface area (Å²) >= 11 is 0. The minimum absolute atomic E-state index is 0.123. The molecule has 2 rings (SSSR count). The third-order valence-corrected chi connectivity index (χ3v) is 4.99. The molecule has 0 spiro atoms. The minimum Gasteiger partial charge on any atom is -0.398 e. The van der Waals surface area contributed by atoms with E-state index < -0.39 is 10.0 Å². The summed E-state index contributed by atoms with van der Waals surface area (Å²) in [6, 6.07) is 5.20. The van der Waals surface area contributed by atoms with Crippen molar-refractivity contribution in [3.8, 4) is 0 Å². The number of nitrogen functional groups attached to an aromatic ring is 1. The number of sulfonamides is 1. The van der Waals surface area contributed by atoms with Gasteiger partial charge in [0.2, 0.25) is 15.9 Å². The van der Waals surface area contributed by atoms with E-state index in [1.165, 1.54) is 4.31 Å². The molecule has 19 heavy (non-hydrogen) atoms. The van der Waals surface area contributed by atoms with Crippen molar-refractivity contribution in [2.45, 2.75) is 13.3 Å². The first-order chi connectivity index (χ1) is 8.88. The first-order valence-corrected chi connectivity index (χ1v) is 7.63. The van der Waals surface area contributed by atoms with Crippen molar-refractivity contribution in [3.63, 3.8) is 0 Å². The van der Waals surface area contributed by atoms with E-state index in [-0.39, 0.29) is 18.2 Å². The van der Waals surface area contributed by atoms with E-state index in [1.54, 1.807) is 18.2 Å². The zero-order chi connectivity index (χ0) is 14.0. The Morgan fingerprint density at radius 2 is 2.21 bits per heavy atom. The number of nitrogens with two attached hydrogens (primary N) is 1. The number of hydrogen-bond donors (Lipinski definition) is 2. The van der Waals surface area contributed by atoms with Gasteiger partial charge in [0.15, 0.2) is 0 Å². The fourth-order valence-electron chi connectivity index (χ4n) is 1.95. The number of rotatable bonds is 3. The molecule has 6 nitrogen and oxygen atoms in total. The van der Waals surface area contributed by atoms with E-state index >= 15 is 0 Å². The quantitative estimate of drug-likeness (QED) is 0.792. The maximum Gasteiger partial charge on any atom is 0.239 e. The summed E-state index contributed by atoms with van der Waals surface area (Å²) in [7, 11) is -3.24. The van der Waals surface area contributed by atoms with E-state index in [4.69, 9.17) is 5.73 Å². The van der Waals surface area contributed by atoms with Gasteiger partial charge in [0.1, 0.15) is 0 Å². The second-order valence-corrected chi connectivity index (χ2v) is 6.71. The van der Waals surface area contributed by atoms with Crippen molar-refractivity contribution in [1.82, 2.24) is 4.31 Å². The van der Waals surface area contributed by atoms with E-state index in [0.29, 0.717) is 24.3 Å². The average Bonchev–Trinajstić information content (AvgIpc) is 2.63. The van der Waals surface area contributed by atoms with Gasteiger partial charge in [-0.2, -0.15) is 4.31 Å². The van der Waals surface area contributed by atoms with Crippen LogP contribution in [-0.2, 0) is 14.8 Å². The van der Waals surface area contributed by atoms with Gasteiger partial charge in [0, 0.05) is 17.9 Å². The van der Waals surface area contributed by atoms with Crippen LogP contribution in [0.15, 0.2) is 18.2 Å². The molecule has 1 aromatic carbocycles. The minimum atomic E-state index is -3.24. The topological polar surface area (TPSA) is 92.5 Å². The van der Waals surface area contributed by atoms with Crippen LogP contribution in [0.1, 0.15) is 12.0 Å². The molecule has 3 N–H and O–H groups in total. The van der Waals surface area contributed by atoms with Crippen molar-refractivity contribution in [2.24, 2.45) is 0 Å². The Kier molecular flexibility index (Phi) is 3.77. The SMILES string of the molecule is Cc1ccc(NC(=O)CN2CCCS2(=O)=O)cc1N. The lowest BCUT2D eigenvalue weighted by molar-refractivity contribution is -0.116. The van der Waals surface area contributed by atoms with Crippen LogP contribution in [-0.4, -0.2) is 37.5 Å². The Balaban J connectivity index is 2.00. The molecule has 1 heterocycles. The van der Waals surface area contributed by atoms with Gasteiger partial charge in [-0.25, -0.2) is 8.42 Å². The summed E-state index contributed by atoms with van der Waals surface area (Å²) in [5, 5.41) is 2.65. The number of amides is 1. The predicted octanol–water partition coefficient (Wildman–Crippen LogP) is 0.551. The third kappa shape index (κ3) is 3.24. The lowest BCUT2D eigenvalue weighted by Crippen LogP contribution is -2.34. The first kappa shape index (κ1) is 13.8. The van der Waals surface area contributed by atoms with Crippen molar-refractivity contribution in [2.75, 3.05) is 29.9 Å². The van der Waals surface area contributed by atoms with Crippen LogP contribution in [0.4, 0.5) is 11.4 Å². The summed E-state index contributed by atoms with van der Waals surface area (Å²) in [4.78, 5) is 11.8. The number of carbonyl (C=O) groups excluding carboxylic acids is 1. The Hall–Kier alpha value is -1.60. The maximum absolute atomic E-state index is 11.8. The Morgan fingerprint density at radius 1 is 1.47 bits per heavy atom. The van der Waals surface area contributed by atoms with E-state index in [9.17, 15) is 13.2 Å². The van der Waals surface area contributed by atoms with Gasteiger partial charge in [-0.1, -0.05) is 6.07 Å². The van der Waals surface area contributed by atoms with E-state index in [2.05, 4.69) is 5.32 Å². The molecule has 0 atom stereocenters. The smallest absolute Gasteiger partial charge is 0.239 e. The lowest BCUT2D eigenvalue weighted by atomic mass is 10.2. The predicted molar refractivity (Wildman–Crippen MR) is 74.2 cm³/mol. The molecule has 0 radical (unpaired) electrons. The van der Waals surface area contributed by atoms with Gasteiger partial charge in [0.05, 0.1) is 12.3 Å². The summed E-state index contributed by atoms with van der Waals surface area (Å²) in [5.41, 5.74) is 7.84. The number of anilines is 2. The number of nitrogens with zero attached hydrogens (tertiary/aromatic N) is 1. The fourth-order valence-corrected chi connectivity index (χ4v) is 3.42. The summed E-state index contributed by atoms with van der Waals surface area (Å²) in [5.74, 6) is -0.230. The van der Waals surface area contributed by atoms with Crippen molar-refractivity contribution >= 4 is 27.3 Å². The third-order valence-electron chi connectivity index (χ3n) is 3.09. The molecule has 1 amide bonds. The Bertz CT molecular complexity index is 598. The highest BCUT2D eigenvalue weighted by molar-refractivity contribution is 7.89. The molecule has 1 aliphatic rings. The molecular formula is C12H17N3O3S. The summed E-state index contributed by atoms with van der Waals surface area (Å²) < 4.78 is 24.4. The maximum atomic E-state index is 11.8. The van der Waals surface area contributed by atoms with Crippen LogP contribution in [0.3, 0.4) is 0 Å². The van der Waals surface area contributed by atoms with Gasteiger partial charge in [0.25, 0.3) is 0 Å². The van der Waals surface area contributed by atoms with Gasteiger partial charge in [-0.05, 0) is 31.0 Å². The van der Waals surface area contributed by atoms with Crippen molar-refractivity contribution in [3.05, 3.63) is 23.8 Å². The second-order valence-electron chi connectivity index (χ2n) is 4.62. The molecule has 1 saturated heterocycles. The average molecular weight is 283 g/mol. The van der Waals surface area contributed by atoms with Gasteiger partial charge in [-0.3, -0.25) is 4.79 Å². The van der Waals surface area contributed by atoms with Crippen LogP contribution in [0.5, 0.6) is 0 Å². The van der Waals surface area contributed by atoms with Crippen LogP contribution in [0.25, 0.3) is 0 Å². The standard InChI is InChI=1S/C12H17N3O3S/c1-9-3-4-10(7-11(9)13)14-12(16)8-15-5-2-6-19(15,17)18/h3-4,7H,2,5-6,8,13H2,1H3,(H,14,16). The number of benzene rings is 1. The molecule has 104 valence electrons. The lowest BCUT2D eigenvalue weighted by Gasteiger charge is -2.14. The second kappa shape index (κ2) is 5.18. The molecule has 0 bridgehead atoms. The van der Waals surface area contributed by atoms with Crippen molar-refractivity contribution < 1.29 is 13.2 Å². The highest BCUT2D eigenvalue weighted by Crippen LogP contribution is 2.17. The monoisotopic (exact) mass is 283 g/mol.